The molecule has 0 aromatic carbocycles. The number of fused-ring (bicyclic) bond motifs is 2. The van der Waals surface area contributed by atoms with Crippen molar-refractivity contribution >= 4 is 10.0 Å². The Morgan fingerprint density at radius 1 is 1.10 bits per heavy atom. The standard InChI is InChI=1S/C21H24N6O3S/c1-2-26-12-16(10-24-26)11-25-14-18-19(15-25)30-21-20(7-5-9-23-21)31(28,29)27(18)13-17-6-3-4-8-22-17/h3-10,12,18-19H,2,11,13-15H2,1H3/t18-,19-/m0/s1. The fourth-order valence-electron chi connectivity index (χ4n) is 4.24. The average Bonchev–Trinajstić information content (AvgIpc) is 3.38. The number of rotatable bonds is 5. The summed E-state index contributed by atoms with van der Waals surface area (Å²) in [7, 11) is -3.81. The van der Waals surface area contributed by atoms with Crippen LogP contribution in [0.15, 0.2) is 60.0 Å². The molecule has 0 radical (unpaired) electrons. The van der Waals surface area contributed by atoms with Crippen molar-refractivity contribution < 1.29 is 13.2 Å². The second-order valence-corrected chi connectivity index (χ2v) is 9.66. The van der Waals surface area contributed by atoms with Crippen molar-refractivity contribution in [1.82, 2.24) is 29.0 Å². The molecule has 0 N–H and O–H groups in total. The van der Waals surface area contributed by atoms with E-state index in [0.29, 0.717) is 25.3 Å². The first-order valence-corrected chi connectivity index (χ1v) is 11.8. The Balaban J connectivity index is 1.48. The van der Waals surface area contributed by atoms with Gasteiger partial charge in [-0.1, -0.05) is 6.07 Å². The first kappa shape index (κ1) is 20.1. The molecule has 0 unspecified atom stereocenters. The van der Waals surface area contributed by atoms with Crippen LogP contribution >= 0.6 is 0 Å². The molecule has 1 fully saturated rings. The van der Waals surface area contributed by atoms with Crippen LogP contribution in [-0.2, 0) is 29.7 Å². The second kappa shape index (κ2) is 8.03. The Hall–Kier alpha value is -2.82. The highest BCUT2D eigenvalue weighted by molar-refractivity contribution is 7.89. The summed E-state index contributed by atoms with van der Waals surface area (Å²) in [6.07, 6.45) is 6.79. The third-order valence-electron chi connectivity index (χ3n) is 5.73. The molecular formula is C21H24N6O3S. The number of hydrogen-bond acceptors (Lipinski definition) is 7. The second-order valence-electron chi connectivity index (χ2n) is 7.80. The zero-order chi connectivity index (χ0) is 21.4. The SMILES string of the molecule is CCn1cc(CN2C[C@@H]3Oc4ncccc4S(=O)(=O)N(Cc4ccccn4)[C@H]3C2)cn1. The normalized spacial score (nSPS) is 23.0. The molecule has 9 nitrogen and oxygen atoms in total. The van der Waals surface area contributed by atoms with Crippen LogP contribution in [0.25, 0.3) is 0 Å². The number of hydrogen-bond donors (Lipinski definition) is 0. The third kappa shape index (κ3) is 3.82. The predicted octanol–water partition coefficient (Wildman–Crippen LogP) is 1.53. The molecule has 3 aromatic heterocycles. The van der Waals surface area contributed by atoms with Gasteiger partial charge in [0.15, 0.2) is 0 Å². The highest BCUT2D eigenvalue weighted by Gasteiger charge is 2.47. The van der Waals surface area contributed by atoms with E-state index in [0.717, 1.165) is 12.1 Å². The summed E-state index contributed by atoms with van der Waals surface area (Å²) in [5.41, 5.74) is 1.79. The van der Waals surface area contributed by atoms with Crippen molar-refractivity contribution in [2.75, 3.05) is 13.1 Å². The maximum atomic E-state index is 13.6. The minimum Gasteiger partial charge on any atom is -0.470 e. The summed E-state index contributed by atoms with van der Waals surface area (Å²) in [5, 5.41) is 4.34. The number of pyridine rings is 2. The minimum atomic E-state index is -3.81. The molecule has 3 aromatic rings. The van der Waals surface area contributed by atoms with Crippen LogP contribution < -0.4 is 4.74 Å². The Bertz CT molecular complexity index is 1170. The van der Waals surface area contributed by atoms with Gasteiger partial charge in [-0.25, -0.2) is 13.4 Å². The van der Waals surface area contributed by atoms with Gasteiger partial charge in [-0.3, -0.25) is 14.6 Å². The van der Waals surface area contributed by atoms with E-state index in [2.05, 4.69) is 20.0 Å². The first-order valence-electron chi connectivity index (χ1n) is 10.3. The van der Waals surface area contributed by atoms with Crippen LogP contribution in [0.1, 0.15) is 18.2 Å². The quantitative estimate of drug-likeness (QED) is 0.594. The van der Waals surface area contributed by atoms with E-state index in [4.69, 9.17) is 4.74 Å². The topological polar surface area (TPSA) is 93.5 Å². The summed E-state index contributed by atoms with van der Waals surface area (Å²) in [6.45, 7) is 4.89. The maximum Gasteiger partial charge on any atom is 0.249 e. The molecule has 10 heteroatoms. The smallest absolute Gasteiger partial charge is 0.249 e. The van der Waals surface area contributed by atoms with Crippen molar-refractivity contribution in [1.29, 1.82) is 0 Å². The molecule has 2 aliphatic rings. The number of aryl methyl sites for hydroxylation is 1. The van der Waals surface area contributed by atoms with E-state index in [1.54, 1.807) is 24.5 Å². The number of sulfonamides is 1. The summed E-state index contributed by atoms with van der Waals surface area (Å²) in [6, 6.07) is 8.36. The van der Waals surface area contributed by atoms with Gasteiger partial charge in [-0.15, -0.1) is 0 Å². The largest absolute Gasteiger partial charge is 0.470 e. The van der Waals surface area contributed by atoms with Crippen molar-refractivity contribution in [3.63, 3.8) is 0 Å². The molecule has 162 valence electrons. The van der Waals surface area contributed by atoms with Crippen LogP contribution in [0.3, 0.4) is 0 Å². The Morgan fingerprint density at radius 3 is 2.74 bits per heavy atom. The zero-order valence-electron chi connectivity index (χ0n) is 17.2. The van der Waals surface area contributed by atoms with Crippen molar-refractivity contribution in [2.45, 2.75) is 43.6 Å². The van der Waals surface area contributed by atoms with Crippen LogP contribution in [0, 0.1) is 0 Å². The summed E-state index contributed by atoms with van der Waals surface area (Å²) in [4.78, 5) is 10.9. The lowest BCUT2D eigenvalue weighted by atomic mass is 10.2. The number of likely N-dealkylation sites (tertiary alicyclic amines) is 1. The molecule has 0 bridgehead atoms. The average molecular weight is 441 g/mol. The van der Waals surface area contributed by atoms with Gasteiger partial charge in [0.2, 0.25) is 15.9 Å². The maximum absolute atomic E-state index is 13.6. The lowest BCUT2D eigenvalue weighted by Crippen LogP contribution is -2.46. The predicted molar refractivity (Wildman–Crippen MR) is 113 cm³/mol. The molecule has 0 spiro atoms. The highest BCUT2D eigenvalue weighted by atomic mass is 32.2. The van der Waals surface area contributed by atoms with Crippen molar-refractivity contribution in [2.24, 2.45) is 0 Å². The molecule has 1 saturated heterocycles. The molecule has 2 atom stereocenters. The number of ether oxygens (including phenoxy) is 1. The monoisotopic (exact) mass is 440 g/mol. The van der Waals surface area contributed by atoms with Gasteiger partial charge in [0, 0.05) is 50.3 Å². The fraction of sp³-hybridized carbons (Fsp3) is 0.381. The molecule has 5 rings (SSSR count). The van der Waals surface area contributed by atoms with Crippen LogP contribution in [0.5, 0.6) is 5.88 Å². The summed E-state index contributed by atoms with van der Waals surface area (Å²) in [5.74, 6) is 0.168. The van der Waals surface area contributed by atoms with Gasteiger partial charge in [-0.2, -0.15) is 9.40 Å². The number of nitrogens with zero attached hydrogens (tertiary/aromatic N) is 6. The van der Waals surface area contributed by atoms with E-state index < -0.39 is 10.0 Å². The zero-order valence-corrected chi connectivity index (χ0v) is 18.0. The van der Waals surface area contributed by atoms with E-state index in [-0.39, 0.29) is 29.5 Å². The molecular weight excluding hydrogens is 416 g/mol. The van der Waals surface area contributed by atoms with E-state index >= 15 is 0 Å². The Morgan fingerprint density at radius 2 is 1.97 bits per heavy atom. The first-order chi connectivity index (χ1) is 15.0. The van der Waals surface area contributed by atoms with E-state index in [1.165, 1.54) is 4.31 Å². The van der Waals surface area contributed by atoms with Gasteiger partial charge in [-0.05, 0) is 31.2 Å². The molecule has 31 heavy (non-hydrogen) atoms. The summed E-state index contributed by atoms with van der Waals surface area (Å²) < 4.78 is 36.8. The fourth-order valence-corrected chi connectivity index (χ4v) is 5.92. The summed E-state index contributed by atoms with van der Waals surface area (Å²) >= 11 is 0. The third-order valence-corrected chi connectivity index (χ3v) is 7.61. The molecule has 5 heterocycles. The van der Waals surface area contributed by atoms with Crippen molar-refractivity contribution in [3.05, 3.63) is 66.4 Å². The van der Waals surface area contributed by atoms with E-state index in [1.807, 2.05) is 42.2 Å². The van der Waals surface area contributed by atoms with E-state index in [9.17, 15) is 8.42 Å². The molecule has 0 aliphatic carbocycles. The van der Waals surface area contributed by atoms with Gasteiger partial charge >= 0.3 is 0 Å². The van der Waals surface area contributed by atoms with Crippen LogP contribution in [0.2, 0.25) is 0 Å². The number of aromatic nitrogens is 4. The van der Waals surface area contributed by atoms with Gasteiger partial charge in [0.05, 0.1) is 24.5 Å². The lowest BCUT2D eigenvalue weighted by molar-refractivity contribution is 0.143. The van der Waals surface area contributed by atoms with Crippen LogP contribution in [0.4, 0.5) is 0 Å². The molecule has 2 aliphatic heterocycles. The van der Waals surface area contributed by atoms with Gasteiger partial charge in [0.25, 0.3) is 0 Å². The lowest BCUT2D eigenvalue weighted by Gasteiger charge is -2.27. The highest BCUT2D eigenvalue weighted by Crippen LogP contribution is 2.35. The molecule has 0 amide bonds. The van der Waals surface area contributed by atoms with Gasteiger partial charge < -0.3 is 4.74 Å². The Kier molecular flexibility index (Phi) is 5.20. The Labute approximate surface area is 181 Å². The van der Waals surface area contributed by atoms with Crippen molar-refractivity contribution in [3.8, 4) is 5.88 Å². The van der Waals surface area contributed by atoms with Gasteiger partial charge in [0.1, 0.15) is 11.0 Å². The van der Waals surface area contributed by atoms with Crippen LogP contribution in [-0.4, -0.2) is 62.6 Å². The molecule has 0 saturated carbocycles. The minimum absolute atomic E-state index is 0.108.